The molecule has 3 nitrogen and oxygen atoms in total. The summed E-state index contributed by atoms with van der Waals surface area (Å²) in [5.74, 6) is -0.310. The van der Waals surface area contributed by atoms with Gasteiger partial charge < -0.3 is 4.74 Å². The third-order valence-electron chi connectivity index (χ3n) is 3.47. The topological polar surface area (TPSA) is 50.1 Å². The van der Waals surface area contributed by atoms with E-state index in [4.69, 9.17) is 10.00 Å². The van der Waals surface area contributed by atoms with Crippen molar-refractivity contribution >= 4 is 16.0 Å². The summed E-state index contributed by atoms with van der Waals surface area (Å²) in [4.78, 5) is 11.9. The first-order valence-electron chi connectivity index (χ1n) is 7.28. The molecule has 0 radical (unpaired) electrons. The van der Waals surface area contributed by atoms with Gasteiger partial charge in [-0.2, -0.15) is 5.26 Å². The highest BCUT2D eigenvalue weighted by molar-refractivity contribution is 8.36. The van der Waals surface area contributed by atoms with Crippen molar-refractivity contribution in [3.63, 3.8) is 0 Å². The van der Waals surface area contributed by atoms with E-state index in [0.29, 0.717) is 6.42 Å². The summed E-state index contributed by atoms with van der Waals surface area (Å²) >= 11 is 0. The Balaban J connectivity index is 4.87. The molecule has 0 aliphatic heterocycles. The largest absolute Gasteiger partial charge is 0.460 e. The molecule has 1 unspecified atom stereocenters. The zero-order valence-corrected chi connectivity index (χ0v) is 15.6. The van der Waals surface area contributed by atoms with Crippen LogP contribution >= 0.6 is 10.0 Å². The van der Waals surface area contributed by atoms with Gasteiger partial charge in [0.2, 0.25) is 0 Å². The second-order valence-corrected chi connectivity index (χ2v) is 12.1. The molecule has 0 aliphatic rings. The normalized spacial score (nSPS) is 15.6. The van der Waals surface area contributed by atoms with Crippen LogP contribution in [0.1, 0.15) is 54.4 Å². The first kappa shape index (κ1) is 20.1. The minimum atomic E-state index is -0.924. The molecular formula is C17H31NO2S. The highest BCUT2D eigenvalue weighted by atomic mass is 32.3. The number of nitriles is 1. The van der Waals surface area contributed by atoms with Gasteiger partial charge in [-0.05, 0) is 38.0 Å². The van der Waals surface area contributed by atoms with E-state index >= 15 is 0 Å². The molecule has 1 atom stereocenters. The number of nitrogens with zero attached hydrogens (tertiary/aromatic N) is 1. The summed E-state index contributed by atoms with van der Waals surface area (Å²) in [6.45, 7) is 12.2. The van der Waals surface area contributed by atoms with Crippen molar-refractivity contribution in [2.75, 3.05) is 12.5 Å². The number of rotatable bonds is 5. The summed E-state index contributed by atoms with van der Waals surface area (Å²) in [7, 11) is -0.924. The van der Waals surface area contributed by atoms with Gasteiger partial charge >= 0.3 is 5.97 Å². The van der Waals surface area contributed by atoms with Crippen molar-refractivity contribution in [3.05, 3.63) is 11.5 Å². The van der Waals surface area contributed by atoms with Crippen molar-refractivity contribution in [2.45, 2.75) is 64.7 Å². The van der Waals surface area contributed by atoms with Crippen LogP contribution in [0.2, 0.25) is 0 Å². The van der Waals surface area contributed by atoms with Crippen LogP contribution in [0.25, 0.3) is 0 Å². The van der Waals surface area contributed by atoms with E-state index in [1.165, 1.54) is 0 Å². The lowest BCUT2D eigenvalue weighted by Crippen LogP contribution is -2.25. The molecule has 0 rings (SSSR count). The summed E-state index contributed by atoms with van der Waals surface area (Å²) in [5.41, 5.74) is -0.478. The third kappa shape index (κ3) is 8.16. The van der Waals surface area contributed by atoms with Crippen LogP contribution in [-0.2, 0) is 9.53 Å². The van der Waals surface area contributed by atoms with Gasteiger partial charge in [0.25, 0.3) is 0 Å². The molecule has 122 valence electrons. The van der Waals surface area contributed by atoms with Crippen LogP contribution in [0.3, 0.4) is 0 Å². The maximum atomic E-state index is 11.9. The lowest BCUT2D eigenvalue weighted by molar-refractivity contribution is -0.155. The summed E-state index contributed by atoms with van der Waals surface area (Å²) in [6, 6.07) is 2.16. The van der Waals surface area contributed by atoms with Crippen LogP contribution in [-0.4, -0.2) is 28.8 Å². The van der Waals surface area contributed by atoms with Crippen molar-refractivity contribution in [3.8, 4) is 6.07 Å². The molecule has 0 aromatic heterocycles. The molecular weight excluding hydrogens is 282 g/mol. The molecule has 0 fully saturated rings. The Hall–Kier alpha value is -0.950. The second kappa shape index (κ2) is 7.35. The average Bonchev–Trinajstić information content (AvgIpc) is 2.22. The van der Waals surface area contributed by atoms with Gasteiger partial charge in [-0.15, -0.1) is 0 Å². The highest BCUT2D eigenvalue weighted by Crippen LogP contribution is 2.54. The van der Waals surface area contributed by atoms with Crippen molar-refractivity contribution in [1.29, 1.82) is 5.26 Å². The molecule has 0 saturated carbocycles. The van der Waals surface area contributed by atoms with Gasteiger partial charge in [0.1, 0.15) is 5.60 Å². The molecule has 0 aromatic rings. The molecule has 0 heterocycles. The smallest absolute Gasteiger partial charge is 0.306 e. The Morgan fingerprint density at radius 2 is 1.76 bits per heavy atom. The molecule has 0 aromatic carbocycles. The summed E-state index contributed by atoms with van der Waals surface area (Å²) < 4.78 is 5.54. The molecule has 4 heteroatoms. The fraction of sp³-hybridized carbons (Fsp3) is 0.765. The van der Waals surface area contributed by atoms with Gasteiger partial charge in [0.05, 0.1) is 12.5 Å². The lowest BCUT2D eigenvalue weighted by Gasteiger charge is -2.42. The fourth-order valence-electron chi connectivity index (χ4n) is 1.43. The molecule has 0 N–H and O–H groups in total. The van der Waals surface area contributed by atoms with Crippen molar-refractivity contribution in [1.82, 2.24) is 0 Å². The van der Waals surface area contributed by atoms with E-state index in [1.807, 2.05) is 26.8 Å². The fourth-order valence-corrected chi connectivity index (χ4v) is 2.46. The number of esters is 1. The Morgan fingerprint density at radius 1 is 1.24 bits per heavy atom. The SMILES string of the molecule is CC(C)(C)OC(=O)CC(C=CS(C)(C)C(C)(C)C)CC#N. The maximum Gasteiger partial charge on any atom is 0.306 e. The van der Waals surface area contributed by atoms with Gasteiger partial charge in [-0.1, -0.05) is 32.3 Å². The summed E-state index contributed by atoms with van der Waals surface area (Å²) in [6.07, 6.45) is 7.14. The van der Waals surface area contributed by atoms with Crippen LogP contribution in [0.4, 0.5) is 0 Å². The van der Waals surface area contributed by atoms with E-state index in [9.17, 15) is 4.79 Å². The first-order chi connectivity index (χ1) is 9.28. The van der Waals surface area contributed by atoms with Crippen LogP contribution in [0, 0.1) is 17.2 Å². The third-order valence-corrected chi connectivity index (χ3v) is 7.47. The minimum Gasteiger partial charge on any atom is -0.460 e. The van der Waals surface area contributed by atoms with E-state index < -0.39 is 15.6 Å². The Morgan fingerprint density at radius 3 is 2.14 bits per heavy atom. The van der Waals surface area contributed by atoms with Crippen molar-refractivity contribution in [2.24, 2.45) is 5.92 Å². The standard InChI is InChI=1S/C17H31NO2S/c1-16(2,3)20-15(19)13-14(9-11-18)10-12-21(7,8)17(4,5)6/h10,12,14H,9,13H2,1-8H3. The van der Waals surface area contributed by atoms with Crippen LogP contribution in [0.5, 0.6) is 0 Å². The lowest BCUT2D eigenvalue weighted by atomic mass is 10.0. The predicted octanol–water partition coefficient (Wildman–Crippen LogP) is 4.62. The molecule has 0 saturated heterocycles. The van der Waals surface area contributed by atoms with Gasteiger partial charge in [0, 0.05) is 12.3 Å². The molecule has 0 aliphatic carbocycles. The number of hydrogen-bond acceptors (Lipinski definition) is 3. The van der Waals surface area contributed by atoms with E-state index in [0.717, 1.165) is 0 Å². The average molecular weight is 314 g/mol. The molecule has 0 amide bonds. The molecule has 0 bridgehead atoms. The number of allylic oxidation sites excluding steroid dienone is 1. The number of hydrogen-bond donors (Lipinski definition) is 0. The van der Waals surface area contributed by atoms with Gasteiger partial charge in [-0.3, -0.25) is 4.79 Å². The second-order valence-electron chi connectivity index (χ2n) is 7.76. The van der Waals surface area contributed by atoms with Gasteiger partial charge in [-0.25, -0.2) is 10.0 Å². The zero-order valence-electron chi connectivity index (χ0n) is 14.8. The first-order valence-corrected chi connectivity index (χ1v) is 9.80. The Bertz CT molecular complexity index is 420. The van der Waals surface area contributed by atoms with Crippen LogP contribution < -0.4 is 0 Å². The Labute approximate surface area is 132 Å². The molecule has 0 spiro atoms. The van der Waals surface area contributed by atoms with E-state index in [1.54, 1.807) is 0 Å². The number of carbonyl (C=O) groups excluding carboxylic acids is 1. The number of ether oxygens (including phenoxy) is 1. The van der Waals surface area contributed by atoms with E-state index in [-0.39, 0.29) is 23.1 Å². The monoisotopic (exact) mass is 313 g/mol. The van der Waals surface area contributed by atoms with Gasteiger partial charge in [0.15, 0.2) is 0 Å². The Kier molecular flexibility index (Phi) is 7.02. The highest BCUT2D eigenvalue weighted by Gasteiger charge is 2.26. The maximum absolute atomic E-state index is 11.9. The van der Waals surface area contributed by atoms with Crippen molar-refractivity contribution < 1.29 is 9.53 Å². The number of carbonyl (C=O) groups is 1. The zero-order chi connectivity index (χ0) is 16.9. The minimum absolute atomic E-state index is 0.0704. The van der Waals surface area contributed by atoms with Crippen LogP contribution in [0.15, 0.2) is 11.5 Å². The predicted molar refractivity (Wildman–Crippen MR) is 92.5 cm³/mol. The summed E-state index contributed by atoms with van der Waals surface area (Å²) in [5, 5.41) is 11.1. The quantitative estimate of drug-likeness (QED) is 0.696. The van der Waals surface area contributed by atoms with E-state index in [2.05, 4.69) is 44.8 Å². The molecule has 21 heavy (non-hydrogen) atoms.